The predicted octanol–water partition coefficient (Wildman–Crippen LogP) is 3.52. The second-order valence-electron chi connectivity index (χ2n) is 3.92. The Bertz CT molecular complexity index is 766. The molecular weight excluding hydrogens is 326 g/mol. The molecule has 3 N–H and O–H groups in total. The molecule has 2 rings (SSSR count). The van der Waals surface area contributed by atoms with E-state index in [0.29, 0.717) is 5.69 Å². The quantitative estimate of drug-likeness (QED) is 0.843. The highest BCUT2D eigenvalue weighted by Gasteiger charge is 2.20. The molecule has 0 radical (unpaired) electrons. The monoisotopic (exact) mass is 334 g/mol. The third-order valence-electron chi connectivity index (χ3n) is 2.42. The fraction of sp³-hybridized carbons (Fsp3) is 0. The Morgan fingerprint density at radius 2 is 1.80 bits per heavy atom. The van der Waals surface area contributed by atoms with Gasteiger partial charge in [0.1, 0.15) is 10.7 Å². The molecule has 0 fully saturated rings. The highest BCUT2D eigenvalue weighted by molar-refractivity contribution is 7.92. The molecule has 8 heteroatoms. The molecule has 2 aromatic rings. The number of nitrogens with two attached hydrogens (primary N) is 1. The second kappa shape index (κ2) is 5.47. The maximum atomic E-state index is 13.7. The van der Waals surface area contributed by atoms with E-state index in [1.54, 1.807) is 0 Å². The first-order valence-corrected chi connectivity index (χ1v) is 7.56. The summed E-state index contributed by atoms with van der Waals surface area (Å²) >= 11 is 11.4. The molecule has 2 aromatic carbocycles. The number of anilines is 2. The third kappa shape index (κ3) is 3.15. The SMILES string of the molecule is Nc1ccc(Cl)c(NS(=O)(=O)c2ccc(Cl)cc2F)c1. The molecule has 0 aliphatic rings. The van der Waals surface area contributed by atoms with Crippen LogP contribution in [0.3, 0.4) is 0 Å². The lowest BCUT2D eigenvalue weighted by atomic mass is 10.3. The molecule has 106 valence electrons. The largest absolute Gasteiger partial charge is 0.399 e. The van der Waals surface area contributed by atoms with E-state index in [2.05, 4.69) is 4.72 Å². The van der Waals surface area contributed by atoms with Gasteiger partial charge >= 0.3 is 0 Å². The average Bonchev–Trinajstić information content (AvgIpc) is 2.33. The number of sulfonamides is 1. The van der Waals surface area contributed by atoms with Crippen molar-refractivity contribution >= 4 is 44.6 Å². The van der Waals surface area contributed by atoms with Crippen LogP contribution >= 0.6 is 23.2 Å². The number of rotatable bonds is 3. The normalized spacial score (nSPS) is 11.3. The molecule has 0 bridgehead atoms. The molecular formula is C12H9Cl2FN2O2S. The highest BCUT2D eigenvalue weighted by atomic mass is 35.5. The molecule has 0 saturated heterocycles. The van der Waals surface area contributed by atoms with Crippen molar-refractivity contribution in [1.82, 2.24) is 0 Å². The minimum Gasteiger partial charge on any atom is -0.399 e. The number of halogens is 3. The average molecular weight is 335 g/mol. The van der Waals surface area contributed by atoms with Crippen LogP contribution in [0.1, 0.15) is 0 Å². The standard InChI is InChI=1S/C12H9Cl2FN2O2S/c13-7-1-4-12(10(15)5-7)20(18,19)17-11-6-8(16)2-3-9(11)14/h1-6,17H,16H2. The van der Waals surface area contributed by atoms with Crippen molar-refractivity contribution < 1.29 is 12.8 Å². The molecule has 4 nitrogen and oxygen atoms in total. The summed E-state index contributed by atoms with van der Waals surface area (Å²) in [6, 6.07) is 7.56. The number of hydrogen-bond donors (Lipinski definition) is 2. The van der Waals surface area contributed by atoms with Crippen LogP contribution in [-0.4, -0.2) is 8.42 Å². The fourth-order valence-electron chi connectivity index (χ4n) is 1.51. The van der Waals surface area contributed by atoms with Crippen LogP contribution in [0.15, 0.2) is 41.3 Å². The molecule has 0 heterocycles. The summed E-state index contributed by atoms with van der Waals surface area (Å²) in [4.78, 5) is -0.527. The highest BCUT2D eigenvalue weighted by Crippen LogP contribution is 2.28. The van der Waals surface area contributed by atoms with E-state index in [-0.39, 0.29) is 15.7 Å². The molecule has 0 aliphatic carbocycles. The lowest BCUT2D eigenvalue weighted by Gasteiger charge is -2.11. The molecule has 0 unspecified atom stereocenters. The number of hydrogen-bond acceptors (Lipinski definition) is 3. The van der Waals surface area contributed by atoms with Gasteiger partial charge in [0.05, 0.1) is 10.7 Å². The van der Waals surface area contributed by atoms with Crippen LogP contribution in [0.25, 0.3) is 0 Å². The lowest BCUT2D eigenvalue weighted by molar-refractivity contribution is 0.570. The van der Waals surface area contributed by atoms with Crippen molar-refractivity contribution in [2.24, 2.45) is 0 Å². The van der Waals surface area contributed by atoms with Crippen LogP contribution < -0.4 is 10.5 Å². The first-order chi connectivity index (χ1) is 9.29. The maximum absolute atomic E-state index is 13.7. The Balaban J connectivity index is 2.43. The van der Waals surface area contributed by atoms with Crippen LogP contribution in [-0.2, 0) is 10.0 Å². The van der Waals surface area contributed by atoms with Crippen molar-refractivity contribution in [3.05, 3.63) is 52.3 Å². The van der Waals surface area contributed by atoms with Crippen LogP contribution in [0.2, 0.25) is 10.0 Å². The van der Waals surface area contributed by atoms with Gasteiger partial charge in [0.15, 0.2) is 0 Å². The molecule has 20 heavy (non-hydrogen) atoms. The van der Waals surface area contributed by atoms with Crippen molar-refractivity contribution in [1.29, 1.82) is 0 Å². The Labute approximate surface area is 125 Å². The Morgan fingerprint density at radius 3 is 2.45 bits per heavy atom. The van der Waals surface area contributed by atoms with E-state index < -0.39 is 20.7 Å². The van der Waals surface area contributed by atoms with Gasteiger partial charge in [0, 0.05) is 10.7 Å². The smallest absolute Gasteiger partial charge is 0.264 e. The van der Waals surface area contributed by atoms with E-state index in [4.69, 9.17) is 28.9 Å². The third-order valence-corrected chi connectivity index (χ3v) is 4.38. The summed E-state index contributed by atoms with van der Waals surface area (Å²) in [5, 5.41) is 0.251. The van der Waals surface area contributed by atoms with Gasteiger partial charge in [0.25, 0.3) is 10.0 Å². The number of nitrogen functional groups attached to an aromatic ring is 1. The van der Waals surface area contributed by atoms with Gasteiger partial charge in [0.2, 0.25) is 0 Å². The van der Waals surface area contributed by atoms with E-state index in [1.807, 2.05) is 0 Å². The number of nitrogens with one attached hydrogen (secondary N) is 1. The summed E-state index contributed by atoms with van der Waals surface area (Å²) in [5.74, 6) is -0.954. The molecule has 0 amide bonds. The lowest BCUT2D eigenvalue weighted by Crippen LogP contribution is -2.15. The summed E-state index contributed by atoms with van der Waals surface area (Å²) in [7, 11) is -4.12. The predicted molar refractivity (Wildman–Crippen MR) is 78.1 cm³/mol. The van der Waals surface area contributed by atoms with Gasteiger partial charge in [-0.2, -0.15) is 0 Å². The fourth-order valence-corrected chi connectivity index (χ4v) is 3.02. The Hall–Kier alpha value is -1.50. The minimum absolute atomic E-state index is 0.0704. The van der Waals surface area contributed by atoms with Crippen LogP contribution in [0.5, 0.6) is 0 Å². The van der Waals surface area contributed by atoms with Gasteiger partial charge in [-0.25, -0.2) is 12.8 Å². The topological polar surface area (TPSA) is 72.2 Å². The van der Waals surface area contributed by atoms with Crippen molar-refractivity contribution in [2.45, 2.75) is 4.90 Å². The van der Waals surface area contributed by atoms with E-state index >= 15 is 0 Å². The summed E-state index contributed by atoms with van der Waals surface area (Å²) in [6.45, 7) is 0. The van der Waals surface area contributed by atoms with E-state index in [9.17, 15) is 12.8 Å². The zero-order chi connectivity index (χ0) is 14.9. The van der Waals surface area contributed by atoms with Gasteiger partial charge < -0.3 is 5.73 Å². The van der Waals surface area contributed by atoms with Crippen molar-refractivity contribution in [3.8, 4) is 0 Å². The van der Waals surface area contributed by atoms with Crippen molar-refractivity contribution in [2.75, 3.05) is 10.5 Å². The summed E-state index contributed by atoms with van der Waals surface area (Å²) < 4.78 is 40.1. The first-order valence-electron chi connectivity index (χ1n) is 5.32. The summed E-state index contributed by atoms with van der Waals surface area (Å²) in [6.07, 6.45) is 0. The minimum atomic E-state index is -4.12. The second-order valence-corrected chi connectivity index (χ2v) is 6.41. The van der Waals surface area contributed by atoms with Gasteiger partial charge in [-0.15, -0.1) is 0 Å². The van der Waals surface area contributed by atoms with Crippen molar-refractivity contribution in [3.63, 3.8) is 0 Å². The molecule has 0 saturated carbocycles. The van der Waals surface area contributed by atoms with E-state index in [1.165, 1.54) is 24.3 Å². The van der Waals surface area contributed by atoms with Gasteiger partial charge in [-0.3, -0.25) is 4.72 Å². The molecule has 0 aliphatic heterocycles. The maximum Gasteiger partial charge on any atom is 0.264 e. The zero-order valence-corrected chi connectivity index (χ0v) is 12.2. The van der Waals surface area contributed by atoms with Crippen LogP contribution in [0.4, 0.5) is 15.8 Å². The number of benzene rings is 2. The molecule has 0 aromatic heterocycles. The first kappa shape index (κ1) is 14.9. The van der Waals surface area contributed by atoms with Gasteiger partial charge in [-0.05, 0) is 36.4 Å². The Morgan fingerprint density at radius 1 is 1.10 bits per heavy atom. The molecule has 0 spiro atoms. The summed E-state index contributed by atoms with van der Waals surface area (Å²) in [5.41, 5.74) is 5.94. The van der Waals surface area contributed by atoms with E-state index in [0.717, 1.165) is 12.1 Å². The van der Waals surface area contributed by atoms with Crippen LogP contribution in [0, 0.1) is 5.82 Å². The zero-order valence-electron chi connectivity index (χ0n) is 9.90. The molecule has 0 atom stereocenters. The van der Waals surface area contributed by atoms with Gasteiger partial charge in [-0.1, -0.05) is 23.2 Å². The Kier molecular flexibility index (Phi) is 4.08.